The van der Waals surface area contributed by atoms with Gasteiger partial charge in [0, 0.05) is 12.1 Å². The molecule has 25 heavy (non-hydrogen) atoms. The van der Waals surface area contributed by atoms with E-state index in [0.717, 1.165) is 16.7 Å². The summed E-state index contributed by atoms with van der Waals surface area (Å²) in [5, 5.41) is 1.97. The van der Waals surface area contributed by atoms with Crippen molar-refractivity contribution in [3.63, 3.8) is 0 Å². The summed E-state index contributed by atoms with van der Waals surface area (Å²) in [5.41, 5.74) is 0.884. The standard InChI is InChI=1S/C18H15FN2O3S/c19-12-5-4-6-13(9-12)20-16(22)11-25-15-10-17(23)21(18(15)24)14-7-2-1-3-8-14/h1-9,15H,10-11H2,(H,20,22). The first-order valence-corrected chi connectivity index (χ1v) is 8.68. The average molecular weight is 358 g/mol. The summed E-state index contributed by atoms with van der Waals surface area (Å²) < 4.78 is 13.1. The van der Waals surface area contributed by atoms with Gasteiger partial charge in [-0.1, -0.05) is 24.3 Å². The Bertz CT molecular complexity index is 813. The Kier molecular flexibility index (Phi) is 5.14. The fourth-order valence-corrected chi connectivity index (χ4v) is 3.46. The van der Waals surface area contributed by atoms with Crippen molar-refractivity contribution in [2.45, 2.75) is 11.7 Å². The van der Waals surface area contributed by atoms with Gasteiger partial charge in [0.1, 0.15) is 5.82 Å². The Morgan fingerprint density at radius 2 is 1.92 bits per heavy atom. The van der Waals surface area contributed by atoms with Crippen molar-refractivity contribution >= 4 is 40.9 Å². The van der Waals surface area contributed by atoms with E-state index in [0.29, 0.717) is 11.4 Å². The van der Waals surface area contributed by atoms with Crippen LogP contribution in [-0.4, -0.2) is 28.7 Å². The zero-order valence-corrected chi connectivity index (χ0v) is 14.0. The summed E-state index contributed by atoms with van der Waals surface area (Å²) in [7, 11) is 0. The third kappa shape index (κ3) is 4.06. The number of nitrogens with one attached hydrogen (secondary N) is 1. The molecule has 1 aliphatic rings. The van der Waals surface area contributed by atoms with Gasteiger partial charge in [-0.3, -0.25) is 14.4 Å². The first-order chi connectivity index (χ1) is 12.0. The maximum Gasteiger partial charge on any atom is 0.247 e. The van der Waals surface area contributed by atoms with Gasteiger partial charge in [0.25, 0.3) is 0 Å². The molecule has 7 heteroatoms. The minimum atomic E-state index is -0.592. The molecule has 2 aromatic carbocycles. The molecule has 1 heterocycles. The fourth-order valence-electron chi connectivity index (χ4n) is 2.52. The van der Waals surface area contributed by atoms with Gasteiger partial charge in [0.05, 0.1) is 16.7 Å². The van der Waals surface area contributed by atoms with E-state index in [1.54, 1.807) is 36.4 Å². The molecular formula is C18H15FN2O3S. The Labute approximate surface area is 148 Å². The van der Waals surface area contributed by atoms with Gasteiger partial charge < -0.3 is 5.32 Å². The molecule has 0 aromatic heterocycles. The van der Waals surface area contributed by atoms with E-state index in [1.165, 1.54) is 18.2 Å². The summed E-state index contributed by atoms with van der Waals surface area (Å²) in [6.07, 6.45) is 0.0612. The third-order valence-electron chi connectivity index (χ3n) is 3.64. The van der Waals surface area contributed by atoms with Gasteiger partial charge >= 0.3 is 0 Å². The highest BCUT2D eigenvalue weighted by atomic mass is 32.2. The van der Waals surface area contributed by atoms with Gasteiger partial charge in [0.15, 0.2) is 0 Å². The second-order valence-electron chi connectivity index (χ2n) is 5.47. The number of hydrogen-bond donors (Lipinski definition) is 1. The molecular weight excluding hydrogens is 343 g/mol. The van der Waals surface area contributed by atoms with Crippen LogP contribution in [0.4, 0.5) is 15.8 Å². The van der Waals surface area contributed by atoms with Gasteiger partial charge in [-0.15, -0.1) is 11.8 Å². The van der Waals surface area contributed by atoms with E-state index in [1.807, 2.05) is 0 Å². The van der Waals surface area contributed by atoms with Gasteiger partial charge in [-0.2, -0.15) is 0 Å². The minimum Gasteiger partial charge on any atom is -0.325 e. The lowest BCUT2D eigenvalue weighted by Crippen LogP contribution is -2.31. The van der Waals surface area contributed by atoms with E-state index in [2.05, 4.69) is 5.32 Å². The lowest BCUT2D eigenvalue weighted by molar-refractivity contribution is -0.121. The summed E-state index contributed by atoms with van der Waals surface area (Å²) in [5.74, 6) is -1.39. The summed E-state index contributed by atoms with van der Waals surface area (Å²) >= 11 is 1.11. The molecule has 1 aliphatic heterocycles. The lowest BCUT2D eigenvalue weighted by atomic mass is 10.3. The van der Waals surface area contributed by atoms with Crippen LogP contribution in [-0.2, 0) is 14.4 Å². The van der Waals surface area contributed by atoms with Crippen molar-refractivity contribution in [2.75, 3.05) is 16.0 Å². The molecule has 1 N–H and O–H groups in total. The number of amides is 3. The molecule has 1 atom stereocenters. The normalized spacial score (nSPS) is 17.0. The highest BCUT2D eigenvalue weighted by Crippen LogP contribution is 2.29. The predicted octanol–water partition coefficient (Wildman–Crippen LogP) is 2.83. The van der Waals surface area contributed by atoms with Crippen LogP contribution in [0.3, 0.4) is 0 Å². The molecule has 5 nitrogen and oxygen atoms in total. The van der Waals surface area contributed by atoms with Crippen molar-refractivity contribution < 1.29 is 18.8 Å². The molecule has 2 aromatic rings. The molecule has 0 aliphatic carbocycles. The molecule has 3 amide bonds. The summed E-state index contributed by atoms with van der Waals surface area (Å²) in [6.45, 7) is 0. The molecule has 0 saturated carbocycles. The smallest absolute Gasteiger partial charge is 0.247 e. The van der Waals surface area contributed by atoms with Crippen molar-refractivity contribution in [3.8, 4) is 0 Å². The largest absolute Gasteiger partial charge is 0.325 e. The van der Waals surface area contributed by atoms with E-state index >= 15 is 0 Å². The number of thioether (sulfide) groups is 1. The number of carbonyl (C=O) groups is 3. The van der Waals surface area contributed by atoms with Crippen LogP contribution in [0.5, 0.6) is 0 Å². The molecule has 0 radical (unpaired) electrons. The van der Waals surface area contributed by atoms with Crippen LogP contribution < -0.4 is 10.2 Å². The van der Waals surface area contributed by atoms with Crippen LogP contribution in [0.15, 0.2) is 54.6 Å². The number of rotatable bonds is 5. The molecule has 0 bridgehead atoms. The second-order valence-corrected chi connectivity index (χ2v) is 6.66. The molecule has 3 rings (SSSR count). The maximum atomic E-state index is 13.1. The number of nitrogens with zero attached hydrogens (tertiary/aromatic N) is 1. The number of para-hydroxylation sites is 1. The van der Waals surface area contributed by atoms with Gasteiger partial charge in [-0.25, -0.2) is 9.29 Å². The van der Waals surface area contributed by atoms with E-state index < -0.39 is 11.1 Å². The molecule has 128 valence electrons. The van der Waals surface area contributed by atoms with Gasteiger partial charge in [0.2, 0.25) is 17.7 Å². The highest BCUT2D eigenvalue weighted by Gasteiger charge is 2.39. The second kappa shape index (κ2) is 7.48. The van der Waals surface area contributed by atoms with Crippen LogP contribution in [0.2, 0.25) is 0 Å². The highest BCUT2D eigenvalue weighted by molar-refractivity contribution is 8.01. The number of benzene rings is 2. The van der Waals surface area contributed by atoms with Crippen molar-refractivity contribution in [3.05, 3.63) is 60.4 Å². The number of imide groups is 1. The first-order valence-electron chi connectivity index (χ1n) is 7.63. The third-order valence-corrected chi connectivity index (χ3v) is 4.84. The van der Waals surface area contributed by atoms with Crippen LogP contribution >= 0.6 is 11.8 Å². The maximum absolute atomic E-state index is 13.1. The minimum absolute atomic E-state index is 0.00281. The van der Waals surface area contributed by atoms with E-state index in [4.69, 9.17) is 0 Å². The predicted molar refractivity (Wildman–Crippen MR) is 94.8 cm³/mol. The fraction of sp³-hybridized carbons (Fsp3) is 0.167. The Morgan fingerprint density at radius 1 is 1.16 bits per heavy atom. The number of hydrogen-bond acceptors (Lipinski definition) is 4. The van der Waals surface area contributed by atoms with Gasteiger partial charge in [-0.05, 0) is 30.3 Å². The Morgan fingerprint density at radius 3 is 2.64 bits per heavy atom. The van der Waals surface area contributed by atoms with E-state index in [9.17, 15) is 18.8 Å². The molecule has 1 saturated heterocycles. The van der Waals surface area contributed by atoms with E-state index in [-0.39, 0.29) is 29.9 Å². The van der Waals surface area contributed by atoms with Crippen molar-refractivity contribution in [1.29, 1.82) is 0 Å². The summed E-state index contributed by atoms with van der Waals surface area (Å²) in [4.78, 5) is 37.7. The number of carbonyl (C=O) groups excluding carboxylic acids is 3. The first kappa shape index (κ1) is 17.2. The number of halogens is 1. The summed E-state index contributed by atoms with van der Waals surface area (Å²) in [6, 6.07) is 14.3. The van der Waals surface area contributed by atoms with Crippen LogP contribution in [0.1, 0.15) is 6.42 Å². The van der Waals surface area contributed by atoms with Crippen molar-refractivity contribution in [2.24, 2.45) is 0 Å². The zero-order valence-electron chi connectivity index (χ0n) is 13.1. The molecule has 1 unspecified atom stereocenters. The lowest BCUT2D eigenvalue weighted by Gasteiger charge is -2.14. The average Bonchev–Trinajstić information content (AvgIpc) is 2.87. The monoisotopic (exact) mass is 358 g/mol. The Hall–Kier alpha value is -2.67. The van der Waals surface area contributed by atoms with Crippen molar-refractivity contribution in [1.82, 2.24) is 0 Å². The number of anilines is 2. The quantitative estimate of drug-likeness (QED) is 0.835. The Balaban J connectivity index is 1.58. The molecule has 1 fully saturated rings. The molecule has 0 spiro atoms. The van der Waals surface area contributed by atoms with Crippen LogP contribution in [0, 0.1) is 5.82 Å². The van der Waals surface area contributed by atoms with Crippen LogP contribution in [0.25, 0.3) is 0 Å². The SMILES string of the molecule is O=C(CSC1CC(=O)N(c2ccccc2)C1=O)Nc1cccc(F)c1. The topological polar surface area (TPSA) is 66.5 Å². The zero-order chi connectivity index (χ0) is 17.8.